The highest BCUT2D eigenvalue weighted by Crippen LogP contribution is 2.39. The molecule has 0 bridgehead atoms. The van der Waals surface area contributed by atoms with Crippen molar-refractivity contribution in [2.75, 3.05) is 31.1 Å². The fraction of sp³-hybridized carbons (Fsp3) is 0.647. The molecule has 1 aromatic rings. The summed E-state index contributed by atoms with van der Waals surface area (Å²) in [6, 6.07) is 7.14. The molecule has 0 radical (unpaired) electrons. The van der Waals surface area contributed by atoms with Gasteiger partial charge in [-0.1, -0.05) is 31.9 Å². The van der Waals surface area contributed by atoms with E-state index < -0.39 is 0 Å². The average Bonchev–Trinajstić information content (AvgIpc) is 2.93. The predicted molar refractivity (Wildman–Crippen MR) is 83.7 cm³/mol. The van der Waals surface area contributed by atoms with Crippen molar-refractivity contribution in [3.63, 3.8) is 0 Å². The Labute approximate surface area is 122 Å². The van der Waals surface area contributed by atoms with Gasteiger partial charge in [-0.15, -0.1) is 0 Å². The van der Waals surface area contributed by atoms with Crippen LogP contribution >= 0.6 is 0 Å². The SMILES string of the molecule is CCNCC1(CN(CC)c2ccccc2F)CCCC1. The lowest BCUT2D eigenvalue weighted by Crippen LogP contribution is -2.43. The van der Waals surface area contributed by atoms with Crippen LogP contribution in [0.4, 0.5) is 10.1 Å². The van der Waals surface area contributed by atoms with Crippen LogP contribution in [0.2, 0.25) is 0 Å². The Bertz CT molecular complexity index is 413. The topological polar surface area (TPSA) is 15.3 Å². The Balaban J connectivity index is 2.13. The molecule has 20 heavy (non-hydrogen) atoms. The molecule has 1 aliphatic carbocycles. The lowest BCUT2D eigenvalue weighted by atomic mass is 9.85. The van der Waals surface area contributed by atoms with Crippen molar-refractivity contribution in [2.45, 2.75) is 39.5 Å². The number of hydrogen-bond donors (Lipinski definition) is 1. The highest BCUT2D eigenvalue weighted by Gasteiger charge is 2.35. The van der Waals surface area contributed by atoms with Crippen LogP contribution in [0, 0.1) is 11.2 Å². The van der Waals surface area contributed by atoms with E-state index >= 15 is 0 Å². The third-order valence-electron chi connectivity index (χ3n) is 4.52. The minimum atomic E-state index is -0.106. The highest BCUT2D eigenvalue weighted by molar-refractivity contribution is 5.47. The standard InChI is InChI=1S/C17H27FN2/c1-3-19-13-17(11-7-8-12-17)14-20(4-2)16-10-6-5-9-15(16)18/h5-6,9-10,19H,3-4,7-8,11-14H2,1-2H3. The van der Waals surface area contributed by atoms with Gasteiger partial charge in [0.25, 0.3) is 0 Å². The monoisotopic (exact) mass is 278 g/mol. The van der Waals surface area contributed by atoms with Gasteiger partial charge in [0.2, 0.25) is 0 Å². The molecule has 0 amide bonds. The van der Waals surface area contributed by atoms with Gasteiger partial charge in [0.15, 0.2) is 0 Å². The molecule has 0 heterocycles. The highest BCUT2D eigenvalue weighted by atomic mass is 19.1. The van der Waals surface area contributed by atoms with Crippen LogP contribution in [0.25, 0.3) is 0 Å². The third-order valence-corrected chi connectivity index (χ3v) is 4.52. The summed E-state index contributed by atoms with van der Waals surface area (Å²) in [5, 5.41) is 3.51. The minimum Gasteiger partial charge on any atom is -0.369 e. The minimum absolute atomic E-state index is 0.106. The Morgan fingerprint density at radius 2 is 1.90 bits per heavy atom. The van der Waals surface area contributed by atoms with Crippen LogP contribution in [-0.4, -0.2) is 26.2 Å². The molecule has 1 aromatic carbocycles. The van der Waals surface area contributed by atoms with Gasteiger partial charge < -0.3 is 10.2 Å². The zero-order valence-electron chi connectivity index (χ0n) is 12.8. The number of rotatable bonds is 7. The lowest BCUT2D eigenvalue weighted by molar-refractivity contribution is 0.285. The molecule has 2 rings (SSSR count). The molecule has 3 heteroatoms. The van der Waals surface area contributed by atoms with Crippen molar-refractivity contribution < 1.29 is 4.39 Å². The maximum atomic E-state index is 14.0. The van der Waals surface area contributed by atoms with Gasteiger partial charge in [-0.05, 0) is 38.4 Å². The van der Waals surface area contributed by atoms with Crippen molar-refractivity contribution in [2.24, 2.45) is 5.41 Å². The smallest absolute Gasteiger partial charge is 0.146 e. The number of nitrogens with zero attached hydrogens (tertiary/aromatic N) is 1. The average molecular weight is 278 g/mol. The van der Waals surface area contributed by atoms with Crippen LogP contribution in [-0.2, 0) is 0 Å². The van der Waals surface area contributed by atoms with Crippen LogP contribution < -0.4 is 10.2 Å². The van der Waals surface area contributed by atoms with Crippen molar-refractivity contribution in [3.8, 4) is 0 Å². The van der Waals surface area contributed by atoms with Gasteiger partial charge in [-0.3, -0.25) is 0 Å². The van der Waals surface area contributed by atoms with E-state index in [1.807, 2.05) is 12.1 Å². The van der Waals surface area contributed by atoms with Crippen LogP contribution in [0.5, 0.6) is 0 Å². The van der Waals surface area contributed by atoms with Crippen molar-refractivity contribution in [1.82, 2.24) is 5.32 Å². The summed E-state index contributed by atoms with van der Waals surface area (Å²) in [6.45, 7) is 8.13. The number of nitrogens with one attached hydrogen (secondary N) is 1. The van der Waals surface area contributed by atoms with E-state index in [-0.39, 0.29) is 5.82 Å². The van der Waals surface area contributed by atoms with Gasteiger partial charge in [0.1, 0.15) is 5.82 Å². The first-order valence-corrected chi connectivity index (χ1v) is 7.91. The van der Waals surface area contributed by atoms with Gasteiger partial charge in [-0.25, -0.2) is 4.39 Å². The Morgan fingerprint density at radius 3 is 2.50 bits per heavy atom. The third kappa shape index (κ3) is 3.51. The lowest BCUT2D eigenvalue weighted by Gasteiger charge is -2.36. The van der Waals surface area contributed by atoms with E-state index in [4.69, 9.17) is 0 Å². The first kappa shape index (κ1) is 15.3. The van der Waals surface area contributed by atoms with Gasteiger partial charge >= 0.3 is 0 Å². The second kappa shape index (κ2) is 7.07. The summed E-state index contributed by atoms with van der Waals surface area (Å²) in [7, 11) is 0. The molecule has 2 nitrogen and oxygen atoms in total. The maximum Gasteiger partial charge on any atom is 0.146 e. The van der Waals surface area contributed by atoms with Crippen LogP contribution in [0.15, 0.2) is 24.3 Å². The van der Waals surface area contributed by atoms with Gasteiger partial charge in [0.05, 0.1) is 5.69 Å². The first-order valence-electron chi connectivity index (χ1n) is 7.91. The van der Waals surface area contributed by atoms with Crippen molar-refractivity contribution in [1.29, 1.82) is 0 Å². The molecule has 1 N–H and O–H groups in total. The molecule has 0 aliphatic heterocycles. The number of hydrogen-bond acceptors (Lipinski definition) is 2. The molecule has 112 valence electrons. The summed E-state index contributed by atoms with van der Waals surface area (Å²) in [5.74, 6) is -0.106. The molecule has 0 aromatic heterocycles. The molecule has 0 atom stereocenters. The summed E-state index contributed by atoms with van der Waals surface area (Å²) in [4.78, 5) is 2.21. The molecular formula is C17H27FN2. The Morgan fingerprint density at radius 1 is 1.20 bits per heavy atom. The van der Waals surface area contributed by atoms with Crippen LogP contribution in [0.3, 0.4) is 0 Å². The van der Waals surface area contributed by atoms with Crippen molar-refractivity contribution in [3.05, 3.63) is 30.1 Å². The van der Waals surface area contributed by atoms with Gasteiger partial charge in [0, 0.05) is 25.0 Å². The summed E-state index contributed by atoms with van der Waals surface area (Å²) in [5.41, 5.74) is 1.06. The number of benzene rings is 1. The second-order valence-corrected chi connectivity index (χ2v) is 5.95. The van der Waals surface area contributed by atoms with E-state index in [1.54, 1.807) is 12.1 Å². The molecule has 1 fully saturated rings. The molecule has 0 unspecified atom stereocenters. The largest absolute Gasteiger partial charge is 0.369 e. The predicted octanol–water partition coefficient (Wildman–Crippen LogP) is 3.82. The summed E-state index contributed by atoms with van der Waals surface area (Å²) >= 11 is 0. The summed E-state index contributed by atoms with van der Waals surface area (Å²) in [6.07, 6.45) is 5.12. The molecule has 0 saturated heterocycles. The van der Waals surface area contributed by atoms with E-state index in [0.29, 0.717) is 5.41 Å². The molecule has 1 aliphatic rings. The Hall–Kier alpha value is -1.09. The fourth-order valence-corrected chi connectivity index (χ4v) is 3.39. The molecule has 0 spiro atoms. The quantitative estimate of drug-likeness (QED) is 0.815. The number of halogens is 1. The maximum absolute atomic E-state index is 14.0. The van der Waals surface area contributed by atoms with Gasteiger partial charge in [-0.2, -0.15) is 0 Å². The zero-order chi connectivity index (χ0) is 14.4. The summed E-state index contributed by atoms with van der Waals surface area (Å²) < 4.78 is 14.0. The second-order valence-electron chi connectivity index (χ2n) is 5.95. The molecule has 1 saturated carbocycles. The molecular weight excluding hydrogens is 251 g/mol. The first-order chi connectivity index (χ1) is 9.71. The van der Waals surface area contributed by atoms with Crippen molar-refractivity contribution >= 4 is 5.69 Å². The van der Waals surface area contributed by atoms with Crippen LogP contribution in [0.1, 0.15) is 39.5 Å². The number of para-hydroxylation sites is 1. The number of anilines is 1. The van der Waals surface area contributed by atoms with E-state index in [0.717, 1.165) is 31.9 Å². The Kier molecular flexibility index (Phi) is 5.41. The van der Waals surface area contributed by atoms with E-state index in [2.05, 4.69) is 24.1 Å². The fourth-order valence-electron chi connectivity index (χ4n) is 3.39. The zero-order valence-corrected chi connectivity index (χ0v) is 12.8. The van der Waals surface area contributed by atoms with E-state index in [1.165, 1.54) is 25.7 Å². The van der Waals surface area contributed by atoms with E-state index in [9.17, 15) is 4.39 Å². The normalized spacial score (nSPS) is 17.4.